The van der Waals surface area contributed by atoms with Crippen molar-refractivity contribution in [2.24, 2.45) is 0 Å². The molecule has 1 aromatic rings. The number of carbonyl (C=O) groups excluding carboxylic acids is 1. The molecule has 0 saturated carbocycles. The lowest BCUT2D eigenvalue weighted by Gasteiger charge is -2.13. The van der Waals surface area contributed by atoms with Crippen LogP contribution in [0.5, 0.6) is 5.75 Å². The van der Waals surface area contributed by atoms with E-state index in [0.717, 1.165) is 16.9 Å². The molecule has 19 heavy (non-hydrogen) atoms. The Balaban J connectivity index is 2.64. The van der Waals surface area contributed by atoms with Crippen molar-refractivity contribution in [2.75, 3.05) is 20.3 Å². The maximum Gasteiger partial charge on any atom is 0.407 e. The van der Waals surface area contributed by atoms with Crippen LogP contribution in [0.25, 0.3) is 0 Å². The minimum absolute atomic E-state index is 0.102. The molecule has 106 valence electrons. The molecule has 0 aromatic heterocycles. The highest BCUT2D eigenvalue weighted by atomic mass is 16.5. The van der Waals surface area contributed by atoms with Crippen LogP contribution in [0.4, 0.5) is 4.79 Å². The predicted molar refractivity (Wildman–Crippen MR) is 72.4 cm³/mol. The van der Waals surface area contributed by atoms with Gasteiger partial charge in [-0.15, -0.1) is 0 Å². The number of ether oxygens (including phenoxy) is 2. The van der Waals surface area contributed by atoms with Crippen LogP contribution < -0.4 is 10.1 Å². The molecular weight excluding hydrogens is 246 g/mol. The molecule has 1 rings (SSSR count). The fraction of sp³-hybridized carbons (Fsp3) is 0.500. The number of carbonyl (C=O) groups is 1. The van der Waals surface area contributed by atoms with Gasteiger partial charge in [-0.05, 0) is 29.2 Å². The van der Waals surface area contributed by atoms with Gasteiger partial charge in [0.15, 0.2) is 0 Å². The number of aliphatic hydroxyl groups excluding tert-OH is 1. The zero-order chi connectivity index (χ0) is 14.3. The molecule has 0 aliphatic carbocycles. The third-order valence-corrected chi connectivity index (χ3v) is 2.67. The van der Waals surface area contributed by atoms with E-state index in [1.807, 2.05) is 18.2 Å². The Bertz CT molecular complexity index is 418. The van der Waals surface area contributed by atoms with E-state index in [0.29, 0.717) is 5.92 Å². The van der Waals surface area contributed by atoms with Gasteiger partial charge in [0.05, 0.1) is 13.7 Å². The van der Waals surface area contributed by atoms with Crippen molar-refractivity contribution in [1.29, 1.82) is 0 Å². The summed E-state index contributed by atoms with van der Waals surface area (Å²) in [7, 11) is 1.64. The Labute approximate surface area is 113 Å². The molecule has 0 saturated heterocycles. The van der Waals surface area contributed by atoms with Gasteiger partial charge in [0, 0.05) is 6.54 Å². The monoisotopic (exact) mass is 267 g/mol. The van der Waals surface area contributed by atoms with Crippen molar-refractivity contribution in [1.82, 2.24) is 5.32 Å². The second-order valence-electron chi connectivity index (χ2n) is 4.46. The number of nitrogens with one attached hydrogen (secondary N) is 1. The SMILES string of the molecule is COc1ccc(COC(=O)NCCO)cc1C(C)C. The molecule has 0 aliphatic heterocycles. The Morgan fingerprint density at radius 2 is 2.16 bits per heavy atom. The molecule has 0 bridgehead atoms. The van der Waals surface area contributed by atoms with Crippen molar-refractivity contribution in [3.05, 3.63) is 29.3 Å². The number of benzene rings is 1. The molecule has 0 radical (unpaired) electrons. The van der Waals surface area contributed by atoms with Crippen LogP contribution in [-0.2, 0) is 11.3 Å². The molecule has 0 aliphatic rings. The van der Waals surface area contributed by atoms with Gasteiger partial charge in [0.2, 0.25) is 0 Å². The maximum atomic E-state index is 11.2. The largest absolute Gasteiger partial charge is 0.496 e. The van der Waals surface area contributed by atoms with Crippen LogP contribution in [0.15, 0.2) is 18.2 Å². The molecule has 2 N–H and O–H groups in total. The molecule has 0 unspecified atom stereocenters. The average Bonchev–Trinajstić information content (AvgIpc) is 2.42. The van der Waals surface area contributed by atoms with E-state index < -0.39 is 6.09 Å². The lowest BCUT2D eigenvalue weighted by molar-refractivity contribution is 0.137. The molecule has 1 amide bonds. The smallest absolute Gasteiger partial charge is 0.407 e. The first-order chi connectivity index (χ1) is 9.08. The first-order valence-corrected chi connectivity index (χ1v) is 6.26. The second kappa shape index (κ2) is 7.63. The van der Waals surface area contributed by atoms with Gasteiger partial charge < -0.3 is 19.9 Å². The highest BCUT2D eigenvalue weighted by Crippen LogP contribution is 2.27. The van der Waals surface area contributed by atoms with E-state index in [9.17, 15) is 4.79 Å². The predicted octanol–water partition coefficient (Wildman–Crippen LogP) is 2.04. The lowest BCUT2D eigenvalue weighted by Crippen LogP contribution is -2.26. The highest BCUT2D eigenvalue weighted by Gasteiger charge is 2.09. The van der Waals surface area contributed by atoms with E-state index in [-0.39, 0.29) is 19.8 Å². The number of rotatable bonds is 6. The second-order valence-corrected chi connectivity index (χ2v) is 4.46. The van der Waals surface area contributed by atoms with Crippen molar-refractivity contribution in [3.8, 4) is 5.75 Å². The Hall–Kier alpha value is -1.75. The van der Waals surface area contributed by atoms with Gasteiger partial charge in [0.25, 0.3) is 0 Å². The van der Waals surface area contributed by atoms with Crippen LogP contribution in [0.1, 0.15) is 30.9 Å². The minimum atomic E-state index is -0.532. The zero-order valence-electron chi connectivity index (χ0n) is 11.6. The average molecular weight is 267 g/mol. The zero-order valence-corrected chi connectivity index (χ0v) is 11.6. The van der Waals surface area contributed by atoms with Gasteiger partial charge in [-0.3, -0.25) is 0 Å². The number of amides is 1. The van der Waals surface area contributed by atoms with Crippen LogP contribution in [0.3, 0.4) is 0 Å². The van der Waals surface area contributed by atoms with E-state index in [2.05, 4.69) is 19.2 Å². The quantitative estimate of drug-likeness (QED) is 0.827. The number of methoxy groups -OCH3 is 1. The lowest BCUT2D eigenvalue weighted by atomic mass is 10.00. The van der Waals surface area contributed by atoms with E-state index in [1.165, 1.54) is 0 Å². The topological polar surface area (TPSA) is 67.8 Å². The van der Waals surface area contributed by atoms with E-state index in [1.54, 1.807) is 7.11 Å². The summed E-state index contributed by atoms with van der Waals surface area (Å²) >= 11 is 0. The van der Waals surface area contributed by atoms with Gasteiger partial charge in [-0.25, -0.2) is 4.79 Å². The van der Waals surface area contributed by atoms with Gasteiger partial charge >= 0.3 is 6.09 Å². The molecule has 1 aromatic carbocycles. The standard InChI is InChI=1S/C14H21NO4/c1-10(2)12-8-11(4-5-13(12)18-3)9-19-14(17)15-6-7-16/h4-5,8,10,16H,6-7,9H2,1-3H3,(H,15,17). The number of hydrogen-bond donors (Lipinski definition) is 2. The summed E-state index contributed by atoms with van der Waals surface area (Å²) in [5.74, 6) is 1.17. The molecule has 5 heteroatoms. The van der Waals surface area contributed by atoms with Crippen molar-refractivity contribution in [3.63, 3.8) is 0 Å². The molecule has 5 nitrogen and oxygen atoms in total. The number of hydrogen-bond acceptors (Lipinski definition) is 4. The molecule has 0 atom stereocenters. The summed E-state index contributed by atoms with van der Waals surface area (Å²) in [5, 5.41) is 11.0. The Morgan fingerprint density at radius 1 is 1.42 bits per heavy atom. The van der Waals surface area contributed by atoms with Crippen LogP contribution in [-0.4, -0.2) is 31.5 Å². The van der Waals surface area contributed by atoms with Crippen molar-refractivity contribution < 1.29 is 19.4 Å². The fourth-order valence-corrected chi connectivity index (χ4v) is 1.68. The molecular formula is C14H21NO4. The Morgan fingerprint density at radius 3 is 2.74 bits per heavy atom. The Kier molecular flexibility index (Phi) is 6.15. The van der Waals surface area contributed by atoms with Crippen LogP contribution in [0.2, 0.25) is 0 Å². The molecule has 0 spiro atoms. The third-order valence-electron chi connectivity index (χ3n) is 2.67. The minimum Gasteiger partial charge on any atom is -0.496 e. The summed E-state index contributed by atoms with van der Waals surface area (Å²) in [6.07, 6.45) is -0.532. The van der Waals surface area contributed by atoms with Gasteiger partial charge in [-0.1, -0.05) is 19.9 Å². The third kappa shape index (κ3) is 4.79. The van der Waals surface area contributed by atoms with Crippen LogP contribution >= 0.6 is 0 Å². The first-order valence-electron chi connectivity index (χ1n) is 6.26. The van der Waals surface area contributed by atoms with E-state index >= 15 is 0 Å². The summed E-state index contributed by atoms with van der Waals surface area (Å²) in [6.45, 7) is 4.45. The molecule has 0 fully saturated rings. The number of alkyl carbamates (subject to hydrolysis) is 1. The van der Waals surface area contributed by atoms with Crippen molar-refractivity contribution >= 4 is 6.09 Å². The first kappa shape index (κ1) is 15.3. The summed E-state index contributed by atoms with van der Waals surface area (Å²) < 4.78 is 10.3. The number of aliphatic hydroxyl groups is 1. The molecule has 0 heterocycles. The highest BCUT2D eigenvalue weighted by molar-refractivity contribution is 5.67. The van der Waals surface area contributed by atoms with Gasteiger partial charge in [-0.2, -0.15) is 0 Å². The maximum absolute atomic E-state index is 11.2. The van der Waals surface area contributed by atoms with Crippen LogP contribution in [0, 0.1) is 0 Å². The van der Waals surface area contributed by atoms with Gasteiger partial charge in [0.1, 0.15) is 12.4 Å². The normalized spacial score (nSPS) is 10.4. The van der Waals surface area contributed by atoms with E-state index in [4.69, 9.17) is 14.6 Å². The summed E-state index contributed by atoms with van der Waals surface area (Å²) in [4.78, 5) is 11.2. The fourth-order valence-electron chi connectivity index (χ4n) is 1.68. The summed E-state index contributed by atoms with van der Waals surface area (Å²) in [5.41, 5.74) is 1.99. The van der Waals surface area contributed by atoms with Crippen molar-refractivity contribution in [2.45, 2.75) is 26.4 Å². The summed E-state index contributed by atoms with van der Waals surface area (Å²) in [6, 6.07) is 5.71.